The van der Waals surface area contributed by atoms with E-state index in [0.29, 0.717) is 29.6 Å². The van der Waals surface area contributed by atoms with Crippen molar-refractivity contribution >= 4 is 40.6 Å². The van der Waals surface area contributed by atoms with E-state index in [1.54, 1.807) is 30.3 Å². The SMILES string of the molecule is Cc1ccc([C@@H](C(=O)NCCC(C)C)N(C(=O)c2snc(C(N)=O)c2N)c2ccccc2F)cc1. The molecule has 10 heteroatoms. The predicted octanol–water partition coefficient (Wildman–Crippen LogP) is 3.82. The number of para-hydroxylation sites is 1. The van der Waals surface area contributed by atoms with Crippen molar-refractivity contribution < 1.29 is 18.8 Å². The lowest BCUT2D eigenvalue weighted by Gasteiger charge is -2.31. The highest BCUT2D eigenvalue weighted by atomic mass is 32.1. The Morgan fingerprint density at radius 3 is 2.34 bits per heavy atom. The Hall–Kier alpha value is -3.79. The van der Waals surface area contributed by atoms with Gasteiger partial charge in [0.05, 0.1) is 11.4 Å². The molecule has 35 heavy (non-hydrogen) atoms. The molecule has 0 saturated carbocycles. The smallest absolute Gasteiger partial charge is 0.273 e. The van der Waals surface area contributed by atoms with E-state index < -0.39 is 29.6 Å². The number of nitrogens with one attached hydrogen (secondary N) is 1. The van der Waals surface area contributed by atoms with Gasteiger partial charge in [-0.05, 0) is 48.5 Å². The van der Waals surface area contributed by atoms with Crippen LogP contribution < -0.4 is 21.7 Å². The number of aryl methyl sites for hydroxylation is 1. The molecule has 5 N–H and O–H groups in total. The third kappa shape index (κ3) is 5.83. The third-order valence-corrected chi connectivity index (χ3v) is 6.26. The van der Waals surface area contributed by atoms with E-state index >= 15 is 4.39 Å². The zero-order chi connectivity index (χ0) is 25.7. The summed E-state index contributed by atoms with van der Waals surface area (Å²) in [5.74, 6) is -2.50. The molecule has 8 nitrogen and oxygen atoms in total. The van der Waals surface area contributed by atoms with Crippen molar-refractivity contribution in [3.8, 4) is 0 Å². The first-order chi connectivity index (χ1) is 16.6. The molecule has 2 aromatic carbocycles. The van der Waals surface area contributed by atoms with Crippen LogP contribution in [-0.2, 0) is 4.79 Å². The largest absolute Gasteiger partial charge is 0.395 e. The van der Waals surface area contributed by atoms with Gasteiger partial charge >= 0.3 is 0 Å². The van der Waals surface area contributed by atoms with Crippen molar-refractivity contribution in [1.82, 2.24) is 9.69 Å². The van der Waals surface area contributed by atoms with Crippen LogP contribution in [0.25, 0.3) is 0 Å². The number of rotatable bonds is 9. The van der Waals surface area contributed by atoms with E-state index in [0.717, 1.165) is 16.9 Å². The van der Waals surface area contributed by atoms with Gasteiger partial charge in [0, 0.05) is 6.54 Å². The van der Waals surface area contributed by atoms with Gasteiger partial charge in [-0.25, -0.2) is 4.39 Å². The normalized spacial score (nSPS) is 11.8. The second-order valence-electron chi connectivity index (χ2n) is 8.55. The van der Waals surface area contributed by atoms with Gasteiger partial charge in [-0.2, -0.15) is 4.37 Å². The summed E-state index contributed by atoms with van der Waals surface area (Å²) in [6.45, 7) is 6.33. The highest BCUT2D eigenvalue weighted by molar-refractivity contribution is 7.09. The first kappa shape index (κ1) is 25.8. The molecule has 1 heterocycles. The second kappa shape index (κ2) is 11.1. The second-order valence-corrected chi connectivity index (χ2v) is 9.32. The average Bonchev–Trinajstić information content (AvgIpc) is 3.20. The first-order valence-electron chi connectivity index (χ1n) is 11.1. The van der Waals surface area contributed by atoms with Gasteiger partial charge in [-0.3, -0.25) is 19.3 Å². The molecule has 0 aliphatic rings. The fourth-order valence-electron chi connectivity index (χ4n) is 3.50. The number of halogens is 1. The Kier molecular flexibility index (Phi) is 8.18. The zero-order valence-corrected chi connectivity index (χ0v) is 20.6. The van der Waals surface area contributed by atoms with Crippen molar-refractivity contribution in [2.75, 3.05) is 17.2 Å². The Morgan fingerprint density at radius 1 is 1.11 bits per heavy atom. The van der Waals surface area contributed by atoms with E-state index in [1.807, 2.05) is 20.8 Å². The monoisotopic (exact) mass is 497 g/mol. The summed E-state index contributed by atoms with van der Waals surface area (Å²) < 4.78 is 19.0. The molecule has 184 valence electrons. The number of nitrogens with zero attached hydrogens (tertiary/aromatic N) is 2. The van der Waals surface area contributed by atoms with Crippen molar-refractivity contribution in [3.05, 3.63) is 76.0 Å². The summed E-state index contributed by atoms with van der Waals surface area (Å²) in [5.41, 5.74) is 12.2. The van der Waals surface area contributed by atoms with Crippen LogP contribution in [-0.4, -0.2) is 28.6 Å². The molecule has 0 fully saturated rings. The minimum Gasteiger partial charge on any atom is -0.395 e. The lowest BCUT2D eigenvalue weighted by Crippen LogP contribution is -2.44. The average molecular weight is 498 g/mol. The number of primary amides is 1. The van der Waals surface area contributed by atoms with E-state index in [1.165, 1.54) is 18.2 Å². The Balaban J connectivity index is 2.17. The van der Waals surface area contributed by atoms with E-state index in [4.69, 9.17) is 11.5 Å². The molecule has 1 aromatic heterocycles. The van der Waals surface area contributed by atoms with Crippen LogP contribution >= 0.6 is 11.5 Å². The van der Waals surface area contributed by atoms with Crippen LogP contribution in [0, 0.1) is 18.7 Å². The van der Waals surface area contributed by atoms with Crippen LogP contribution in [0.1, 0.15) is 57.6 Å². The number of amides is 3. The summed E-state index contributed by atoms with van der Waals surface area (Å²) in [6.07, 6.45) is 0.726. The fraction of sp³-hybridized carbons (Fsp3) is 0.280. The summed E-state index contributed by atoms with van der Waals surface area (Å²) in [4.78, 5) is 40.0. The van der Waals surface area contributed by atoms with Gasteiger partial charge in [-0.15, -0.1) is 0 Å². The molecular formula is C25H28FN5O3S. The van der Waals surface area contributed by atoms with E-state index in [-0.39, 0.29) is 21.9 Å². The van der Waals surface area contributed by atoms with Crippen LogP contribution in [0.3, 0.4) is 0 Å². The Labute approximate surface area is 207 Å². The lowest BCUT2D eigenvalue weighted by atomic mass is 10.0. The van der Waals surface area contributed by atoms with Crippen LogP contribution in [0.15, 0.2) is 48.5 Å². The topological polar surface area (TPSA) is 131 Å². The van der Waals surface area contributed by atoms with Gasteiger partial charge in [-0.1, -0.05) is 55.8 Å². The van der Waals surface area contributed by atoms with Gasteiger partial charge in [0.1, 0.15) is 16.7 Å². The standard InChI is InChI=1S/C25H28FN5O3S/c1-14(2)12-13-29-24(33)21(16-10-8-15(3)9-11-16)31(18-7-5-4-6-17(18)26)25(34)22-19(27)20(23(28)32)30-35-22/h4-11,14,21H,12-13,27H2,1-3H3,(H2,28,32)(H,29,33)/t21-/m0/s1. The highest BCUT2D eigenvalue weighted by Gasteiger charge is 2.37. The number of hydrogen-bond donors (Lipinski definition) is 3. The summed E-state index contributed by atoms with van der Waals surface area (Å²) in [5, 5.41) is 2.87. The number of nitrogens with two attached hydrogens (primary N) is 2. The molecule has 3 rings (SSSR count). The number of nitrogen functional groups attached to an aromatic ring is 1. The highest BCUT2D eigenvalue weighted by Crippen LogP contribution is 2.34. The van der Waals surface area contributed by atoms with Gasteiger partial charge < -0.3 is 16.8 Å². The molecule has 0 radical (unpaired) electrons. The minimum atomic E-state index is -1.22. The number of carbonyl (C=O) groups is 3. The molecule has 3 amide bonds. The molecule has 1 atom stereocenters. The first-order valence-corrected chi connectivity index (χ1v) is 11.9. The van der Waals surface area contributed by atoms with Crippen molar-refractivity contribution in [3.63, 3.8) is 0 Å². The van der Waals surface area contributed by atoms with Gasteiger partial charge in [0.15, 0.2) is 5.69 Å². The fourth-order valence-corrected chi connectivity index (χ4v) is 4.24. The predicted molar refractivity (Wildman–Crippen MR) is 135 cm³/mol. The summed E-state index contributed by atoms with van der Waals surface area (Å²) >= 11 is 0.669. The number of carbonyl (C=O) groups excluding carboxylic acids is 3. The van der Waals surface area contributed by atoms with Gasteiger partial charge in [0.2, 0.25) is 5.91 Å². The number of aromatic nitrogens is 1. The maximum absolute atomic E-state index is 15.1. The van der Waals surface area contributed by atoms with E-state index in [2.05, 4.69) is 9.69 Å². The van der Waals surface area contributed by atoms with Crippen molar-refractivity contribution in [2.24, 2.45) is 11.7 Å². The summed E-state index contributed by atoms with van der Waals surface area (Å²) in [6, 6.07) is 11.5. The van der Waals surface area contributed by atoms with Crippen molar-refractivity contribution in [1.29, 1.82) is 0 Å². The van der Waals surface area contributed by atoms with Gasteiger partial charge in [0.25, 0.3) is 11.8 Å². The zero-order valence-electron chi connectivity index (χ0n) is 19.7. The maximum atomic E-state index is 15.1. The third-order valence-electron chi connectivity index (χ3n) is 5.41. The number of hydrogen-bond acceptors (Lipinski definition) is 6. The molecule has 0 bridgehead atoms. The molecule has 0 aliphatic carbocycles. The quantitative estimate of drug-likeness (QED) is 0.414. The van der Waals surface area contributed by atoms with Crippen LogP contribution in [0.2, 0.25) is 0 Å². The maximum Gasteiger partial charge on any atom is 0.273 e. The Bertz CT molecular complexity index is 1230. The Morgan fingerprint density at radius 2 is 1.77 bits per heavy atom. The minimum absolute atomic E-state index is 0.115. The van der Waals surface area contributed by atoms with Crippen molar-refractivity contribution in [2.45, 2.75) is 33.2 Å². The molecule has 0 spiro atoms. The van der Waals surface area contributed by atoms with Crippen LogP contribution in [0.5, 0.6) is 0 Å². The number of benzene rings is 2. The molecule has 0 aliphatic heterocycles. The molecule has 0 saturated heterocycles. The summed E-state index contributed by atoms with van der Waals surface area (Å²) in [7, 11) is 0. The number of anilines is 2. The van der Waals surface area contributed by atoms with Crippen LogP contribution in [0.4, 0.5) is 15.8 Å². The molecule has 3 aromatic rings. The van der Waals surface area contributed by atoms with E-state index in [9.17, 15) is 14.4 Å². The molecular weight excluding hydrogens is 469 g/mol. The molecule has 0 unspecified atom stereocenters. The lowest BCUT2D eigenvalue weighted by molar-refractivity contribution is -0.122.